The van der Waals surface area contributed by atoms with Crippen molar-refractivity contribution in [3.8, 4) is 0 Å². The Morgan fingerprint density at radius 3 is 2.73 bits per heavy atom. The molecule has 0 saturated heterocycles. The highest BCUT2D eigenvalue weighted by Gasteiger charge is 2.17. The molecule has 4 heteroatoms. The van der Waals surface area contributed by atoms with Gasteiger partial charge in [-0.2, -0.15) is 5.10 Å². The molecule has 2 rings (SSSR count). The monoisotopic (exact) mass is 224 g/mol. The molecule has 0 aromatic carbocycles. The van der Waals surface area contributed by atoms with Crippen molar-refractivity contribution in [2.24, 2.45) is 7.05 Å². The minimum absolute atomic E-state index is 0.222. The van der Waals surface area contributed by atoms with Crippen LogP contribution in [0.15, 0.2) is 11.6 Å². The van der Waals surface area contributed by atoms with Gasteiger partial charge in [-0.05, 0) is 19.4 Å². The number of hydrogen-bond acceptors (Lipinski definition) is 2. The molecule has 1 aromatic rings. The van der Waals surface area contributed by atoms with E-state index in [-0.39, 0.29) is 5.78 Å². The number of carbonyl (C=O) groups excluding carboxylic acids is 1. The van der Waals surface area contributed by atoms with Crippen LogP contribution in [-0.4, -0.2) is 15.6 Å². The minimum atomic E-state index is 0.222. The van der Waals surface area contributed by atoms with Crippen LogP contribution in [0, 0.1) is 6.92 Å². The predicted molar refractivity (Wildman–Crippen MR) is 59.0 cm³/mol. The molecule has 80 valence electrons. The average molecular weight is 225 g/mol. The van der Waals surface area contributed by atoms with Crippen molar-refractivity contribution in [2.45, 2.75) is 26.2 Å². The summed E-state index contributed by atoms with van der Waals surface area (Å²) in [6.45, 7) is 1.89. The van der Waals surface area contributed by atoms with Crippen LogP contribution in [0.1, 0.15) is 24.2 Å². The van der Waals surface area contributed by atoms with E-state index in [1.807, 2.05) is 14.0 Å². The molecular formula is C11H13ClN2O. The van der Waals surface area contributed by atoms with E-state index >= 15 is 0 Å². The molecule has 0 fully saturated rings. The second-order valence-electron chi connectivity index (χ2n) is 3.92. The average Bonchev–Trinajstić information content (AvgIpc) is 2.67. The predicted octanol–water partition coefficient (Wildman–Crippen LogP) is 2.21. The van der Waals surface area contributed by atoms with Gasteiger partial charge in [0.25, 0.3) is 0 Å². The van der Waals surface area contributed by atoms with Gasteiger partial charge in [-0.25, -0.2) is 0 Å². The molecule has 1 aliphatic carbocycles. The van der Waals surface area contributed by atoms with Gasteiger partial charge in [-0.15, -0.1) is 0 Å². The number of aromatic nitrogens is 2. The number of carbonyl (C=O) groups is 1. The smallest absolute Gasteiger partial charge is 0.155 e. The minimum Gasteiger partial charge on any atom is -0.295 e. The molecule has 0 bridgehead atoms. The lowest BCUT2D eigenvalue weighted by Gasteiger charge is -2.02. The van der Waals surface area contributed by atoms with E-state index in [1.54, 1.807) is 10.8 Å². The zero-order chi connectivity index (χ0) is 11.0. The highest BCUT2D eigenvalue weighted by Crippen LogP contribution is 2.25. The Hall–Kier alpha value is -1.09. The Morgan fingerprint density at radius 2 is 2.27 bits per heavy atom. The molecule has 0 aliphatic heterocycles. The quantitative estimate of drug-likeness (QED) is 0.772. The van der Waals surface area contributed by atoms with Crippen molar-refractivity contribution in [1.29, 1.82) is 0 Å². The lowest BCUT2D eigenvalue weighted by Crippen LogP contribution is -1.99. The third-order valence-corrected chi connectivity index (χ3v) is 3.21. The van der Waals surface area contributed by atoms with Gasteiger partial charge in [-0.3, -0.25) is 9.48 Å². The maximum Gasteiger partial charge on any atom is 0.155 e. The third-order valence-electron chi connectivity index (χ3n) is 2.71. The van der Waals surface area contributed by atoms with Crippen LogP contribution in [0.2, 0.25) is 5.02 Å². The summed E-state index contributed by atoms with van der Waals surface area (Å²) < 4.78 is 1.79. The van der Waals surface area contributed by atoms with E-state index in [2.05, 4.69) is 5.10 Å². The van der Waals surface area contributed by atoms with Gasteiger partial charge in [0.1, 0.15) is 0 Å². The first-order valence-corrected chi connectivity index (χ1v) is 5.36. The molecule has 0 saturated carbocycles. The Kier molecular flexibility index (Phi) is 2.65. The highest BCUT2D eigenvalue weighted by atomic mass is 35.5. The second-order valence-corrected chi connectivity index (χ2v) is 4.29. The molecule has 15 heavy (non-hydrogen) atoms. The molecule has 0 amide bonds. The van der Waals surface area contributed by atoms with Gasteiger partial charge in [0.05, 0.1) is 16.4 Å². The highest BCUT2D eigenvalue weighted by molar-refractivity contribution is 6.31. The Morgan fingerprint density at radius 1 is 1.53 bits per heavy atom. The van der Waals surface area contributed by atoms with Crippen LogP contribution in [-0.2, 0) is 18.3 Å². The summed E-state index contributed by atoms with van der Waals surface area (Å²) >= 11 is 6.13. The van der Waals surface area contributed by atoms with Crippen molar-refractivity contribution in [3.63, 3.8) is 0 Å². The number of ketones is 1. The zero-order valence-electron chi connectivity index (χ0n) is 8.88. The largest absolute Gasteiger partial charge is 0.295 e. The van der Waals surface area contributed by atoms with E-state index < -0.39 is 0 Å². The molecule has 1 aliphatic rings. The number of allylic oxidation sites excluding steroid dienone is 2. The molecule has 0 radical (unpaired) electrons. The molecule has 0 atom stereocenters. The number of rotatable bonds is 2. The van der Waals surface area contributed by atoms with Gasteiger partial charge < -0.3 is 0 Å². The molecule has 3 nitrogen and oxygen atoms in total. The van der Waals surface area contributed by atoms with Gasteiger partial charge in [0.2, 0.25) is 0 Å². The third kappa shape index (κ3) is 1.97. The molecule has 0 N–H and O–H groups in total. The Balaban J connectivity index is 2.24. The summed E-state index contributed by atoms with van der Waals surface area (Å²) in [5.41, 5.74) is 3.00. The van der Waals surface area contributed by atoms with E-state index in [4.69, 9.17) is 11.6 Å². The summed E-state index contributed by atoms with van der Waals surface area (Å²) in [5.74, 6) is 0.222. The maximum absolute atomic E-state index is 11.1. The SMILES string of the molecule is Cc1nn(C)c(CC2=CC(=O)CC2)c1Cl. The maximum atomic E-state index is 11.1. The summed E-state index contributed by atoms with van der Waals surface area (Å²) in [6, 6.07) is 0. The van der Waals surface area contributed by atoms with Crippen LogP contribution in [0.25, 0.3) is 0 Å². The molecule has 1 heterocycles. The Labute approximate surface area is 93.7 Å². The fraction of sp³-hybridized carbons (Fsp3) is 0.455. The number of aryl methyl sites for hydroxylation is 2. The van der Waals surface area contributed by atoms with Crippen molar-refractivity contribution in [1.82, 2.24) is 9.78 Å². The van der Waals surface area contributed by atoms with Crippen LogP contribution in [0.4, 0.5) is 0 Å². The van der Waals surface area contributed by atoms with Crippen molar-refractivity contribution >= 4 is 17.4 Å². The van der Waals surface area contributed by atoms with E-state index in [9.17, 15) is 4.79 Å². The van der Waals surface area contributed by atoms with Gasteiger partial charge in [0, 0.05) is 19.9 Å². The van der Waals surface area contributed by atoms with Crippen LogP contribution >= 0.6 is 11.6 Å². The number of hydrogen-bond donors (Lipinski definition) is 0. The summed E-state index contributed by atoms with van der Waals surface area (Å²) in [5, 5.41) is 4.96. The van der Waals surface area contributed by atoms with E-state index in [1.165, 1.54) is 0 Å². The normalized spacial score (nSPS) is 15.9. The first-order valence-electron chi connectivity index (χ1n) is 4.98. The van der Waals surface area contributed by atoms with Gasteiger partial charge in [-0.1, -0.05) is 17.2 Å². The topological polar surface area (TPSA) is 34.9 Å². The lowest BCUT2D eigenvalue weighted by atomic mass is 10.1. The summed E-state index contributed by atoms with van der Waals surface area (Å²) in [6.07, 6.45) is 3.98. The zero-order valence-corrected chi connectivity index (χ0v) is 9.64. The van der Waals surface area contributed by atoms with Crippen molar-refractivity contribution in [3.05, 3.63) is 28.1 Å². The summed E-state index contributed by atoms with van der Waals surface area (Å²) in [4.78, 5) is 11.1. The van der Waals surface area contributed by atoms with Crippen molar-refractivity contribution < 1.29 is 4.79 Å². The van der Waals surface area contributed by atoms with Crippen molar-refractivity contribution in [2.75, 3.05) is 0 Å². The summed E-state index contributed by atoms with van der Waals surface area (Å²) in [7, 11) is 1.88. The van der Waals surface area contributed by atoms with Crippen LogP contribution in [0.3, 0.4) is 0 Å². The first-order chi connectivity index (χ1) is 7.08. The number of halogens is 1. The Bertz CT molecular complexity index is 446. The molecule has 1 aromatic heterocycles. The second kappa shape index (κ2) is 3.81. The first kappa shape index (κ1) is 10.4. The van der Waals surface area contributed by atoms with Gasteiger partial charge in [0.15, 0.2) is 5.78 Å². The molecule has 0 unspecified atom stereocenters. The fourth-order valence-electron chi connectivity index (χ4n) is 1.88. The van der Waals surface area contributed by atoms with Crippen LogP contribution < -0.4 is 0 Å². The standard InChI is InChI=1S/C11H13ClN2O/c1-7-11(12)10(14(2)13-7)6-8-3-4-9(15)5-8/h5H,3-4,6H2,1-2H3. The fourth-order valence-corrected chi connectivity index (χ4v) is 2.11. The van der Waals surface area contributed by atoms with E-state index in [0.29, 0.717) is 6.42 Å². The molecular weight excluding hydrogens is 212 g/mol. The number of nitrogens with zero attached hydrogens (tertiary/aromatic N) is 2. The molecule has 0 spiro atoms. The van der Waals surface area contributed by atoms with Gasteiger partial charge >= 0.3 is 0 Å². The lowest BCUT2D eigenvalue weighted by molar-refractivity contribution is -0.114. The van der Waals surface area contributed by atoms with E-state index in [0.717, 1.165) is 34.8 Å². The van der Waals surface area contributed by atoms with Crippen LogP contribution in [0.5, 0.6) is 0 Å².